The van der Waals surface area contributed by atoms with Crippen molar-refractivity contribution in [1.29, 1.82) is 5.26 Å². The van der Waals surface area contributed by atoms with E-state index >= 15 is 0 Å². The van der Waals surface area contributed by atoms with Crippen LogP contribution in [-0.2, 0) is 0 Å². The fourth-order valence-corrected chi connectivity index (χ4v) is 1.92. The first-order valence-corrected chi connectivity index (χ1v) is 6.62. The topological polar surface area (TPSA) is 47.8 Å². The number of anilines is 1. The molecule has 0 heterocycles. The van der Waals surface area contributed by atoms with Gasteiger partial charge < -0.3 is 10.6 Å². The molecule has 1 rings (SSSR count). The van der Waals surface area contributed by atoms with E-state index in [1.165, 1.54) is 0 Å². The molecule has 0 aliphatic rings. The minimum Gasteiger partial charge on any atom is -0.362 e. The van der Waals surface area contributed by atoms with E-state index < -0.39 is 0 Å². The number of unbranched alkanes of at least 4 members (excludes halogenated alkanes) is 1. The summed E-state index contributed by atoms with van der Waals surface area (Å²) in [5.41, 5.74) is 1.48. The Bertz CT molecular complexity index is 440. The largest absolute Gasteiger partial charge is 0.362 e. The molecule has 0 aliphatic heterocycles. The van der Waals surface area contributed by atoms with Gasteiger partial charge in [-0.3, -0.25) is 0 Å². The SMILES string of the molecule is CCCCNC(=S)Nc1ccc(C#N)cc1Br. The quantitative estimate of drug-likeness (QED) is 0.661. The van der Waals surface area contributed by atoms with Crippen molar-refractivity contribution >= 4 is 38.9 Å². The maximum atomic E-state index is 8.75. The van der Waals surface area contributed by atoms with Crippen LogP contribution in [0.4, 0.5) is 5.69 Å². The van der Waals surface area contributed by atoms with Gasteiger partial charge in [0.2, 0.25) is 0 Å². The number of hydrogen-bond acceptors (Lipinski definition) is 2. The van der Waals surface area contributed by atoms with Gasteiger partial charge in [0, 0.05) is 11.0 Å². The summed E-state index contributed by atoms with van der Waals surface area (Å²) in [5.74, 6) is 0. The molecule has 0 aliphatic carbocycles. The van der Waals surface area contributed by atoms with Crippen LogP contribution in [0.3, 0.4) is 0 Å². The number of nitrogens with zero attached hydrogens (tertiary/aromatic N) is 1. The number of nitriles is 1. The van der Waals surface area contributed by atoms with Crippen LogP contribution in [0.15, 0.2) is 22.7 Å². The van der Waals surface area contributed by atoms with Crippen LogP contribution in [0.2, 0.25) is 0 Å². The lowest BCUT2D eigenvalue weighted by molar-refractivity contribution is 0.758. The summed E-state index contributed by atoms with van der Waals surface area (Å²) in [7, 11) is 0. The number of halogens is 1. The Labute approximate surface area is 115 Å². The lowest BCUT2D eigenvalue weighted by Crippen LogP contribution is -2.29. The predicted molar refractivity (Wildman–Crippen MR) is 78.0 cm³/mol. The summed E-state index contributed by atoms with van der Waals surface area (Å²) in [4.78, 5) is 0. The van der Waals surface area contributed by atoms with Crippen LogP contribution < -0.4 is 10.6 Å². The number of thiocarbonyl (C=S) groups is 1. The van der Waals surface area contributed by atoms with E-state index in [2.05, 4.69) is 39.6 Å². The van der Waals surface area contributed by atoms with Crippen molar-refractivity contribution in [3.63, 3.8) is 0 Å². The highest BCUT2D eigenvalue weighted by Crippen LogP contribution is 2.23. The van der Waals surface area contributed by atoms with Gasteiger partial charge in [0.15, 0.2) is 5.11 Å². The zero-order valence-corrected chi connectivity index (χ0v) is 12.0. The molecule has 0 atom stereocenters. The Balaban J connectivity index is 2.57. The van der Waals surface area contributed by atoms with Gasteiger partial charge in [-0.15, -0.1) is 0 Å². The standard InChI is InChI=1S/C12H14BrN3S/c1-2-3-6-15-12(17)16-11-5-4-9(8-14)7-10(11)13/h4-5,7H,2-3,6H2,1H3,(H2,15,16,17). The highest BCUT2D eigenvalue weighted by atomic mass is 79.9. The Hall–Kier alpha value is -1.12. The molecular weight excluding hydrogens is 298 g/mol. The average Bonchev–Trinajstić information content (AvgIpc) is 2.32. The summed E-state index contributed by atoms with van der Waals surface area (Å²) in [6, 6.07) is 7.43. The van der Waals surface area contributed by atoms with Gasteiger partial charge in [-0.1, -0.05) is 13.3 Å². The molecule has 90 valence electrons. The molecule has 0 saturated carbocycles. The molecule has 0 aromatic heterocycles. The molecule has 0 amide bonds. The highest BCUT2D eigenvalue weighted by molar-refractivity contribution is 9.10. The summed E-state index contributed by atoms with van der Waals surface area (Å²) in [6.45, 7) is 3.01. The van der Waals surface area contributed by atoms with E-state index in [0.717, 1.165) is 29.5 Å². The number of nitrogens with one attached hydrogen (secondary N) is 2. The van der Waals surface area contributed by atoms with Gasteiger partial charge in [-0.25, -0.2) is 0 Å². The van der Waals surface area contributed by atoms with Gasteiger partial charge >= 0.3 is 0 Å². The predicted octanol–water partition coefficient (Wildman–Crippen LogP) is 3.41. The van der Waals surface area contributed by atoms with Gasteiger partial charge in [-0.2, -0.15) is 5.26 Å². The zero-order valence-electron chi connectivity index (χ0n) is 9.59. The molecule has 0 saturated heterocycles. The number of rotatable bonds is 4. The van der Waals surface area contributed by atoms with Crippen LogP contribution >= 0.6 is 28.1 Å². The van der Waals surface area contributed by atoms with Crippen molar-refractivity contribution in [2.45, 2.75) is 19.8 Å². The smallest absolute Gasteiger partial charge is 0.170 e. The van der Waals surface area contributed by atoms with Gasteiger partial charge in [0.25, 0.3) is 0 Å². The van der Waals surface area contributed by atoms with E-state index in [4.69, 9.17) is 17.5 Å². The van der Waals surface area contributed by atoms with E-state index in [9.17, 15) is 0 Å². The minimum atomic E-state index is 0.601. The maximum Gasteiger partial charge on any atom is 0.170 e. The summed E-state index contributed by atoms with van der Waals surface area (Å²) < 4.78 is 0.830. The summed E-state index contributed by atoms with van der Waals surface area (Å²) in [6.07, 6.45) is 2.23. The van der Waals surface area contributed by atoms with Crippen molar-refractivity contribution in [3.05, 3.63) is 28.2 Å². The average molecular weight is 312 g/mol. The second kappa shape index (κ2) is 7.25. The zero-order chi connectivity index (χ0) is 12.7. The van der Waals surface area contributed by atoms with Crippen LogP contribution in [-0.4, -0.2) is 11.7 Å². The Morgan fingerprint density at radius 3 is 2.88 bits per heavy atom. The first kappa shape index (κ1) is 13.9. The fraction of sp³-hybridized carbons (Fsp3) is 0.333. The molecular formula is C12H14BrN3S. The second-order valence-corrected chi connectivity index (χ2v) is 4.80. The third-order valence-corrected chi connectivity index (χ3v) is 3.06. The normalized spacial score (nSPS) is 9.47. The lowest BCUT2D eigenvalue weighted by Gasteiger charge is -2.11. The maximum absolute atomic E-state index is 8.75. The van der Waals surface area contributed by atoms with Crippen LogP contribution in [0.1, 0.15) is 25.3 Å². The molecule has 0 spiro atoms. The van der Waals surface area contributed by atoms with Gasteiger partial charge in [0.05, 0.1) is 17.3 Å². The van der Waals surface area contributed by atoms with Crippen molar-refractivity contribution in [3.8, 4) is 6.07 Å². The van der Waals surface area contributed by atoms with Crippen LogP contribution in [0.5, 0.6) is 0 Å². The van der Waals surface area contributed by atoms with Gasteiger partial charge in [-0.05, 0) is 52.8 Å². The van der Waals surface area contributed by atoms with E-state index in [-0.39, 0.29) is 0 Å². The molecule has 1 aromatic rings. The van der Waals surface area contributed by atoms with E-state index in [1.54, 1.807) is 12.1 Å². The van der Waals surface area contributed by atoms with Crippen molar-refractivity contribution in [2.75, 3.05) is 11.9 Å². The second-order valence-electron chi connectivity index (χ2n) is 3.54. The van der Waals surface area contributed by atoms with Crippen molar-refractivity contribution in [2.24, 2.45) is 0 Å². The minimum absolute atomic E-state index is 0.601. The Kier molecular flexibility index (Phi) is 5.95. The molecule has 0 bridgehead atoms. The third kappa shape index (κ3) is 4.72. The summed E-state index contributed by atoms with van der Waals surface area (Å²) >= 11 is 8.56. The van der Waals surface area contributed by atoms with E-state index in [0.29, 0.717) is 10.7 Å². The molecule has 0 radical (unpaired) electrons. The Morgan fingerprint density at radius 1 is 1.53 bits per heavy atom. The molecule has 17 heavy (non-hydrogen) atoms. The first-order valence-electron chi connectivity index (χ1n) is 5.42. The molecule has 5 heteroatoms. The third-order valence-electron chi connectivity index (χ3n) is 2.16. The van der Waals surface area contributed by atoms with Crippen LogP contribution in [0.25, 0.3) is 0 Å². The van der Waals surface area contributed by atoms with Crippen molar-refractivity contribution < 1.29 is 0 Å². The molecule has 1 aromatic carbocycles. The first-order chi connectivity index (χ1) is 8.17. The number of benzene rings is 1. The highest BCUT2D eigenvalue weighted by Gasteiger charge is 2.03. The monoisotopic (exact) mass is 311 g/mol. The molecule has 0 fully saturated rings. The van der Waals surface area contributed by atoms with Crippen LogP contribution in [0, 0.1) is 11.3 Å². The van der Waals surface area contributed by atoms with Gasteiger partial charge in [0.1, 0.15) is 0 Å². The van der Waals surface area contributed by atoms with Crippen molar-refractivity contribution in [1.82, 2.24) is 5.32 Å². The fourth-order valence-electron chi connectivity index (χ4n) is 1.23. The molecule has 2 N–H and O–H groups in total. The molecule has 0 unspecified atom stereocenters. The van der Waals surface area contributed by atoms with E-state index in [1.807, 2.05) is 6.07 Å². The summed E-state index contributed by atoms with van der Waals surface area (Å²) in [5, 5.41) is 15.6. The molecule has 3 nitrogen and oxygen atoms in total. The lowest BCUT2D eigenvalue weighted by atomic mass is 10.2. The number of hydrogen-bond donors (Lipinski definition) is 2. The Morgan fingerprint density at radius 2 is 2.29 bits per heavy atom.